The lowest BCUT2D eigenvalue weighted by Crippen LogP contribution is -1.66. The van der Waals surface area contributed by atoms with E-state index < -0.39 is 0 Å². The Hall–Kier alpha value is -0.960. The second kappa shape index (κ2) is 2.27. The molecule has 0 aliphatic rings. The molecule has 2 N–H and O–H groups in total. The van der Waals surface area contributed by atoms with Crippen LogP contribution in [0.3, 0.4) is 0 Å². The lowest BCUT2D eigenvalue weighted by atomic mass is 10.3. The first-order chi connectivity index (χ1) is 5.25. The van der Waals surface area contributed by atoms with Gasteiger partial charge in [-0.3, -0.25) is 0 Å². The average molecular weight is 212 g/mol. The van der Waals surface area contributed by atoms with Crippen LogP contribution in [0.15, 0.2) is 28.7 Å². The van der Waals surface area contributed by atoms with Gasteiger partial charge in [-0.1, -0.05) is 15.9 Å². The Kier molecular flexibility index (Phi) is 1.39. The molecule has 1 aromatic heterocycles. The zero-order valence-electron chi connectivity index (χ0n) is 5.63. The lowest BCUT2D eigenvalue weighted by molar-refractivity contribution is 0.458. The number of fused-ring (bicyclic) bond motifs is 1. The van der Waals surface area contributed by atoms with E-state index >= 15 is 0 Å². The van der Waals surface area contributed by atoms with E-state index in [1.807, 2.05) is 18.2 Å². The standard InChI is InChI=1S/C8H6BrNO/c9-6-1-2-7-5(3-6)4-8(11)10-7/h1-4,10-11H. The fraction of sp³-hybridized carbons (Fsp3) is 0. The summed E-state index contributed by atoms with van der Waals surface area (Å²) in [4.78, 5) is 2.82. The molecule has 2 nitrogen and oxygen atoms in total. The van der Waals surface area contributed by atoms with Gasteiger partial charge in [-0.05, 0) is 18.2 Å². The summed E-state index contributed by atoms with van der Waals surface area (Å²) < 4.78 is 1.02. The molecule has 1 aromatic carbocycles. The Morgan fingerprint density at radius 3 is 2.91 bits per heavy atom. The molecule has 0 aliphatic carbocycles. The third kappa shape index (κ3) is 1.12. The van der Waals surface area contributed by atoms with Gasteiger partial charge in [-0.15, -0.1) is 0 Å². The fourth-order valence-electron chi connectivity index (χ4n) is 1.09. The van der Waals surface area contributed by atoms with Gasteiger partial charge in [-0.25, -0.2) is 0 Å². The highest BCUT2D eigenvalue weighted by Crippen LogP contribution is 2.22. The predicted molar refractivity (Wildman–Crippen MR) is 47.7 cm³/mol. The van der Waals surface area contributed by atoms with Gasteiger partial charge in [0.1, 0.15) is 0 Å². The lowest BCUT2D eigenvalue weighted by Gasteiger charge is -1.88. The number of hydrogen-bond acceptors (Lipinski definition) is 1. The predicted octanol–water partition coefficient (Wildman–Crippen LogP) is 2.64. The number of nitrogens with one attached hydrogen (secondary N) is 1. The van der Waals surface area contributed by atoms with Crippen LogP contribution in [0.2, 0.25) is 0 Å². The van der Waals surface area contributed by atoms with Crippen LogP contribution < -0.4 is 0 Å². The molecule has 0 fully saturated rings. The van der Waals surface area contributed by atoms with E-state index in [4.69, 9.17) is 5.11 Å². The van der Waals surface area contributed by atoms with Crippen molar-refractivity contribution in [2.75, 3.05) is 0 Å². The molecule has 0 radical (unpaired) electrons. The highest BCUT2D eigenvalue weighted by molar-refractivity contribution is 9.10. The van der Waals surface area contributed by atoms with Crippen LogP contribution in [0.1, 0.15) is 0 Å². The number of H-pyrrole nitrogens is 1. The molecule has 1 heterocycles. The van der Waals surface area contributed by atoms with E-state index in [2.05, 4.69) is 20.9 Å². The van der Waals surface area contributed by atoms with Crippen LogP contribution in [0.25, 0.3) is 10.9 Å². The summed E-state index contributed by atoms with van der Waals surface area (Å²) in [6, 6.07) is 7.49. The normalized spacial score (nSPS) is 10.6. The summed E-state index contributed by atoms with van der Waals surface area (Å²) in [6.07, 6.45) is 0. The second-order valence-corrected chi connectivity index (χ2v) is 3.30. The van der Waals surface area contributed by atoms with Crippen LogP contribution in [-0.4, -0.2) is 10.1 Å². The summed E-state index contributed by atoms with van der Waals surface area (Å²) in [5.41, 5.74) is 0.950. The maximum absolute atomic E-state index is 9.08. The Morgan fingerprint density at radius 1 is 1.27 bits per heavy atom. The maximum atomic E-state index is 9.08. The van der Waals surface area contributed by atoms with Gasteiger partial charge < -0.3 is 10.1 Å². The van der Waals surface area contributed by atoms with Crippen molar-refractivity contribution in [2.24, 2.45) is 0 Å². The van der Waals surface area contributed by atoms with Crippen LogP contribution >= 0.6 is 15.9 Å². The van der Waals surface area contributed by atoms with Gasteiger partial charge in [0.2, 0.25) is 0 Å². The summed E-state index contributed by atoms with van der Waals surface area (Å²) >= 11 is 3.35. The molecular formula is C8H6BrNO. The maximum Gasteiger partial charge on any atom is 0.189 e. The minimum atomic E-state index is 0.207. The fourth-order valence-corrected chi connectivity index (χ4v) is 1.47. The van der Waals surface area contributed by atoms with Crippen molar-refractivity contribution in [2.45, 2.75) is 0 Å². The number of aromatic nitrogens is 1. The summed E-state index contributed by atoms with van der Waals surface area (Å²) in [7, 11) is 0. The summed E-state index contributed by atoms with van der Waals surface area (Å²) in [5, 5.41) is 10.1. The van der Waals surface area contributed by atoms with Crippen molar-refractivity contribution >= 4 is 26.8 Å². The van der Waals surface area contributed by atoms with Crippen molar-refractivity contribution in [3.05, 3.63) is 28.7 Å². The molecule has 0 aliphatic heterocycles. The monoisotopic (exact) mass is 211 g/mol. The van der Waals surface area contributed by atoms with Gasteiger partial charge >= 0.3 is 0 Å². The first-order valence-corrected chi connectivity index (χ1v) is 4.02. The molecule has 2 rings (SSSR count). The molecule has 0 unspecified atom stereocenters. The molecule has 0 atom stereocenters. The Morgan fingerprint density at radius 2 is 2.09 bits per heavy atom. The third-order valence-corrected chi connectivity index (χ3v) is 2.06. The molecule has 0 saturated carbocycles. The Bertz CT molecular complexity index is 394. The molecule has 0 spiro atoms. The number of aromatic amines is 1. The average Bonchev–Trinajstić information content (AvgIpc) is 2.27. The van der Waals surface area contributed by atoms with Crippen molar-refractivity contribution in [3.63, 3.8) is 0 Å². The van der Waals surface area contributed by atoms with Crippen molar-refractivity contribution < 1.29 is 5.11 Å². The van der Waals surface area contributed by atoms with Crippen LogP contribution in [0.5, 0.6) is 5.88 Å². The summed E-state index contributed by atoms with van der Waals surface area (Å²) in [6.45, 7) is 0. The summed E-state index contributed by atoms with van der Waals surface area (Å²) in [5.74, 6) is 0.207. The molecule has 3 heteroatoms. The van der Waals surface area contributed by atoms with Gasteiger partial charge in [0.25, 0.3) is 0 Å². The number of benzene rings is 1. The second-order valence-electron chi connectivity index (χ2n) is 2.39. The first-order valence-electron chi connectivity index (χ1n) is 3.23. The van der Waals surface area contributed by atoms with E-state index in [0.29, 0.717) is 0 Å². The van der Waals surface area contributed by atoms with E-state index in [0.717, 1.165) is 15.4 Å². The minimum Gasteiger partial charge on any atom is -0.495 e. The van der Waals surface area contributed by atoms with Gasteiger partial charge in [0.15, 0.2) is 5.88 Å². The van der Waals surface area contributed by atoms with Crippen molar-refractivity contribution in [1.82, 2.24) is 4.98 Å². The first kappa shape index (κ1) is 6.73. The highest BCUT2D eigenvalue weighted by atomic mass is 79.9. The smallest absolute Gasteiger partial charge is 0.189 e. The minimum absolute atomic E-state index is 0.207. The van der Waals surface area contributed by atoms with E-state index in [-0.39, 0.29) is 5.88 Å². The zero-order chi connectivity index (χ0) is 7.84. The van der Waals surface area contributed by atoms with Crippen LogP contribution in [-0.2, 0) is 0 Å². The molecule has 11 heavy (non-hydrogen) atoms. The molecule has 56 valence electrons. The molecule has 2 aromatic rings. The number of halogens is 1. The molecular weight excluding hydrogens is 206 g/mol. The quantitative estimate of drug-likeness (QED) is 0.691. The third-order valence-electron chi connectivity index (χ3n) is 1.57. The number of aromatic hydroxyl groups is 1. The van der Waals surface area contributed by atoms with Gasteiger partial charge in [0.05, 0.1) is 0 Å². The highest BCUT2D eigenvalue weighted by Gasteiger charge is 1.97. The molecule has 0 amide bonds. The molecule has 0 bridgehead atoms. The Balaban J connectivity index is 2.82. The van der Waals surface area contributed by atoms with Gasteiger partial charge in [0, 0.05) is 21.4 Å². The van der Waals surface area contributed by atoms with Crippen LogP contribution in [0, 0.1) is 0 Å². The SMILES string of the molecule is Oc1cc2cc(Br)ccc2[nH]1. The number of rotatable bonds is 0. The van der Waals surface area contributed by atoms with Crippen molar-refractivity contribution in [3.8, 4) is 5.88 Å². The van der Waals surface area contributed by atoms with E-state index in [9.17, 15) is 0 Å². The van der Waals surface area contributed by atoms with Crippen LogP contribution in [0.4, 0.5) is 0 Å². The molecule has 0 saturated heterocycles. The zero-order valence-corrected chi connectivity index (χ0v) is 7.22. The van der Waals surface area contributed by atoms with Crippen molar-refractivity contribution in [1.29, 1.82) is 0 Å². The number of hydrogen-bond donors (Lipinski definition) is 2. The Labute approximate surface area is 72.0 Å². The van der Waals surface area contributed by atoms with E-state index in [1.54, 1.807) is 6.07 Å². The van der Waals surface area contributed by atoms with E-state index in [1.165, 1.54) is 0 Å². The van der Waals surface area contributed by atoms with Gasteiger partial charge in [-0.2, -0.15) is 0 Å². The largest absolute Gasteiger partial charge is 0.495 e. The topological polar surface area (TPSA) is 36.0 Å².